The van der Waals surface area contributed by atoms with E-state index in [4.69, 9.17) is 4.74 Å². The van der Waals surface area contributed by atoms with E-state index in [1.54, 1.807) is 0 Å². The lowest BCUT2D eigenvalue weighted by Crippen LogP contribution is -2.35. The molecule has 2 rings (SSSR count). The molecule has 1 amide bonds. The molecular formula is C13H21NO3. The standard InChI is InChI=1S/C13H21NO3/c1-9(10-5-6-10)17-12(15)7-8-14-13(16)11-3-2-4-11/h9-11H,2-8H2,1H3,(H,14,16)/t9-/m1/s1. The second kappa shape index (κ2) is 5.52. The van der Waals surface area contributed by atoms with Crippen LogP contribution in [0.2, 0.25) is 0 Å². The summed E-state index contributed by atoms with van der Waals surface area (Å²) in [6.07, 6.45) is 5.82. The largest absolute Gasteiger partial charge is 0.462 e. The molecule has 2 aliphatic carbocycles. The van der Waals surface area contributed by atoms with E-state index in [1.807, 2.05) is 6.92 Å². The molecule has 4 heteroatoms. The number of rotatable bonds is 6. The highest BCUT2D eigenvalue weighted by molar-refractivity contribution is 5.80. The molecule has 1 N–H and O–H groups in total. The molecule has 0 aromatic rings. The zero-order valence-corrected chi connectivity index (χ0v) is 10.4. The number of carbonyl (C=O) groups is 2. The Hall–Kier alpha value is -1.06. The van der Waals surface area contributed by atoms with Crippen LogP contribution in [0.25, 0.3) is 0 Å². The maximum absolute atomic E-state index is 11.5. The first-order valence-corrected chi connectivity index (χ1v) is 6.64. The minimum Gasteiger partial charge on any atom is -0.462 e. The molecule has 2 aliphatic rings. The van der Waals surface area contributed by atoms with E-state index in [-0.39, 0.29) is 30.3 Å². The van der Waals surface area contributed by atoms with Gasteiger partial charge in [-0.25, -0.2) is 0 Å². The Morgan fingerprint density at radius 3 is 2.53 bits per heavy atom. The average molecular weight is 239 g/mol. The number of ether oxygens (including phenoxy) is 1. The lowest BCUT2D eigenvalue weighted by atomic mass is 9.85. The molecule has 0 unspecified atom stereocenters. The van der Waals surface area contributed by atoms with Crippen LogP contribution in [0.3, 0.4) is 0 Å². The second-order valence-electron chi connectivity index (χ2n) is 5.20. The number of amides is 1. The smallest absolute Gasteiger partial charge is 0.307 e. The van der Waals surface area contributed by atoms with Crippen LogP contribution in [0, 0.1) is 11.8 Å². The van der Waals surface area contributed by atoms with Crippen LogP contribution in [0.1, 0.15) is 45.4 Å². The maximum Gasteiger partial charge on any atom is 0.307 e. The quantitative estimate of drug-likeness (QED) is 0.717. The van der Waals surface area contributed by atoms with Crippen molar-refractivity contribution in [1.29, 1.82) is 0 Å². The summed E-state index contributed by atoms with van der Waals surface area (Å²) in [5.41, 5.74) is 0. The van der Waals surface area contributed by atoms with Crippen molar-refractivity contribution in [2.75, 3.05) is 6.54 Å². The van der Waals surface area contributed by atoms with Crippen molar-refractivity contribution in [1.82, 2.24) is 5.32 Å². The van der Waals surface area contributed by atoms with Crippen LogP contribution in [0.5, 0.6) is 0 Å². The summed E-state index contributed by atoms with van der Waals surface area (Å²) in [5.74, 6) is 0.664. The zero-order valence-electron chi connectivity index (χ0n) is 10.4. The van der Waals surface area contributed by atoms with Gasteiger partial charge in [-0.15, -0.1) is 0 Å². The molecule has 0 aromatic carbocycles. The molecule has 1 atom stereocenters. The van der Waals surface area contributed by atoms with Gasteiger partial charge in [0.1, 0.15) is 6.10 Å². The summed E-state index contributed by atoms with van der Waals surface area (Å²) in [7, 11) is 0. The molecule has 0 bridgehead atoms. The molecular weight excluding hydrogens is 218 g/mol. The lowest BCUT2D eigenvalue weighted by Gasteiger charge is -2.23. The number of hydrogen-bond donors (Lipinski definition) is 1. The minimum absolute atomic E-state index is 0.0461. The van der Waals surface area contributed by atoms with Crippen molar-refractivity contribution in [3.63, 3.8) is 0 Å². The van der Waals surface area contributed by atoms with Gasteiger partial charge in [0.15, 0.2) is 0 Å². The third kappa shape index (κ3) is 3.72. The van der Waals surface area contributed by atoms with Crippen LogP contribution in [-0.2, 0) is 14.3 Å². The predicted molar refractivity (Wildman–Crippen MR) is 63.2 cm³/mol. The van der Waals surface area contributed by atoms with Crippen LogP contribution in [0.15, 0.2) is 0 Å². The summed E-state index contributed by atoms with van der Waals surface area (Å²) in [5, 5.41) is 2.79. The first-order chi connectivity index (χ1) is 8.16. The molecule has 0 radical (unpaired) electrons. The van der Waals surface area contributed by atoms with Gasteiger partial charge in [0.05, 0.1) is 6.42 Å². The Morgan fingerprint density at radius 2 is 2.00 bits per heavy atom. The summed E-state index contributed by atoms with van der Waals surface area (Å²) >= 11 is 0. The van der Waals surface area contributed by atoms with Crippen LogP contribution in [-0.4, -0.2) is 24.5 Å². The summed E-state index contributed by atoms with van der Waals surface area (Å²) in [4.78, 5) is 22.9. The summed E-state index contributed by atoms with van der Waals surface area (Å²) in [6, 6.07) is 0. The monoisotopic (exact) mass is 239 g/mol. The molecule has 96 valence electrons. The Balaban J connectivity index is 1.54. The fourth-order valence-corrected chi connectivity index (χ4v) is 2.03. The Kier molecular flexibility index (Phi) is 4.02. The predicted octanol–water partition coefficient (Wildman–Crippen LogP) is 1.63. The van der Waals surface area contributed by atoms with Gasteiger partial charge in [0.25, 0.3) is 0 Å². The number of esters is 1. The van der Waals surface area contributed by atoms with E-state index in [9.17, 15) is 9.59 Å². The number of hydrogen-bond acceptors (Lipinski definition) is 3. The molecule has 0 saturated heterocycles. The van der Waals surface area contributed by atoms with Gasteiger partial charge in [-0.1, -0.05) is 6.42 Å². The van der Waals surface area contributed by atoms with Gasteiger partial charge in [0.2, 0.25) is 5.91 Å². The first-order valence-electron chi connectivity index (χ1n) is 6.64. The van der Waals surface area contributed by atoms with E-state index in [0.29, 0.717) is 12.5 Å². The Labute approximate surface area is 102 Å². The highest BCUT2D eigenvalue weighted by Crippen LogP contribution is 2.34. The molecule has 0 aromatic heterocycles. The SMILES string of the molecule is C[C@@H](OC(=O)CCNC(=O)C1CCC1)C1CC1. The third-order valence-corrected chi connectivity index (χ3v) is 3.71. The van der Waals surface area contributed by atoms with Crippen molar-refractivity contribution >= 4 is 11.9 Å². The molecule has 17 heavy (non-hydrogen) atoms. The lowest BCUT2D eigenvalue weighted by molar-refractivity contribution is -0.149. The second-order valence-corrected chi connectivity index (χ2v) is 5.20. The Bertz CT molecular complexity index is 295. The fraction of sp³-hybridized carbons (Fsp3) is 0.846. The molecule has 0 heterocycles. The van der Waals surface area contributed by atoms with Crippen molar-refractivity contribution in [3.8, 4) is 0 Å². The number of nitrogens with one attached hydrogen (secondary N) is 1. The van der Waals surface area contributed by atoms with Gasteiger partial charge >= 0.3 is 5.97 Å². The van der Waals surface area contributed by atoms with Crippen molar-refractivity contribution < 1.29 is 14.3 Å². The van der Waals surface area contributed by atoms with E-state index < -0.39 is 0 Å². The van der Waals surface area contributed by atoms with Crippen LogP contribution >= 0.6 is 0 Å². The zero-order chi connectivity index (χ0) is 12.3. The van der Waals surface area contributed by atoms with Crippen molar-refractivity contribution in [3.05, 3.63) is 0 Å². The van der Waals surface area contributed by atoms with E-state index >= 15 is 0 Å². The fourth-order valence-electron chi connectivity index (χ4n) is 2.03. The molecule has 2 saturated carbocycles. The van der Waals surface area contributed by atoms with E-state index in [0.717, 1.165) is 19.3 Å². The Morgan fingerprint density at radius 1 is 1.29 bits per heavy atom. The van der Waals surface area contributed by atoms with Crippen molar-refractivity contribution in [2.45, 2.75) is 51.6 Å². The average Bonchev–Trinajstić information content (AvgIpc) is 2.97. The number of carbonyl (C=O) groups excluding carboxylic acids is 2. The van der Waals surface area contributed by atoms with Crippen molar-refractivity contribution in [2.24, 2.45) is 11.8 Å². The van der Waals surface area contributed by atoms with Gasteiger partial charge in [-0.3, -0.25) is 9.59 Å². The molecule has 2 fully saturated rings. The van der Waals surface area contributed by atoms with E-state index in [2.05, 4.69) is 5.32 Å². The summed E-state index contributed by atoms with van der Waals surface area (Å²) < 4.78 is 5.27. The highest BCUT2D eigenvalue weighted by atomic mass is 16.5. The minimum atomic E-state index is -0.196. The van der Waals surface area contributed by atoms with Gasteiger partial charge in [0, 0.05) is 12.5 Å². The summed E-state index contributed by atoms with van der Waals surface area (Å²) in [6.45, 7) is 2.36. The first kappa shape index (κ1) is 12.4. The van der Waals surface area contributed by atoms with Crippen LogP contribution in [0.4, 0.5) is 0 Å². The van der Waals surface area contributed by atoms with E-state index in [1.165, 1.54) is 12.8 Å². The normalized spacial score (nSPS) is 21.5. The molecule has 0 aliphatic heterocycles. The third-order valence-electron chi connectivity index (χ3n) is 3.71. The van der Waals surface area contributed by atoms with Crippen LogP contribution < -0.4 is 5.32 Å². The van der Waals surface area contributed by atoms with Gasteiger partial charge in [-0.2, -0.15) is 0 Å². The maximum atomic E-state index is 11.5. The molecule has 4 nitrogen and oxygen atoms in total. The van der Waals surface area contributed by atoms with Gasteiger partial charge < -0.3 is 10.1 Å². The molecule has 0 spiro atoms. The highest BCUT2D eigenvalue weighted by Gasteiger charge is 2.30. The topological polar surface area (TPSA) is 55.4 Å². The van der Waals surface area contributed by atoms with Gasteiger partial charge in [-0.05, 0) is 38.5 Å².